The van der Waals surface area contributed by atoms with E-state index in [-0.39, 0.29) is 11.9 Å². The Morgan fingerprint density at radius 2 is 1.95 bits per heavy atom. The Labute approximate surface area is 134 Å². The van der Waals surface area contributed by atoms with E-state index in [0.29, 0.717) is 4.47 Å². The van der Waals surface area contributed by atoms with E-state index in [1.54, 1.807) is 0 Å². The average molecular weight is 350 g/mol. The number of rotatable bonds is 5. The van der Waals surface area contributed by atoms with Crippen molar-refractivity contribution in [3.63, 3.8) is 0 Å². The molecule has 0 aliphatic carbocycles. The molecule has 0 amide bonds. The van der Waals surface area contributed by atoms with Crippen LogP contribution in [0.15, 0.2) is 40.9 Å². The van der Waals surface area contributed by atoms with Crippen molar-refractivity contribution in [2.24, 2.45) is 0 Å². The predicted octanol–water partition coefficient (Wildman–Crippen LogP) is 5.29. The zero-order valence-electron chi connectivity index (χ0n) is 12.7. The monoisotopic (exact) mass is 349 g/mol. The van der Waals surface area contributed by atoms with Gasteiger partial charge in [0.1, 0.15) is 5.82 Å². The standard InChI is InChI=1S/C18H21BrFN/c1-4-10-21-18(14-8-9-17(20)16(19)11-14)15-7-5-6-12(2)13(15)3/h5-9,11,18,21H,4,10H2,1-3H3. The second kappa shape index (κ2) is 7.19. The lowest BCUT2D eigenvalue weighted by Gasteiger charge is -2.23. The molecule has 112 valence electrons. The molecule has 2 aromatic carbocycles. The number of hydrogen-bond donors (Lipinski definition) is 1. The van der Waals surface area contributed by atoms with Crippen molar-refractivity contribution in [2.45, 2.75) is 33.2 Å². The van der Waals surface area contributed by atoms with Crippen molar-refractivity contribution >= 4 is 15.9 Å². The molecule has 0 fully saturated rings. The van der Waals surface area contributed by atoms with E-state index in [2.05, 4.69) is 60.2 Å². The summed E-state index contributed by atoms with van der Waals surface area (Å²) in [4.78, 5) is 0. The molecule has 1 N–H and O–H groups in total. The van der Waals surface area contributed by atoms with Crippen LogP contribution in [0.3, 0.4) is 0 Å². The number of halogens is 2. The molecule has 0 aliphatic heterocycles. The summed E-state index contributed by atoms with van der Waals surface area (Å²) in [6.45, 7) is 7.33. The van der Waals surface area contributed by atoms with Gasteiger partial charge in [0.25, 0.3) is 0 Å². The minimum atomic E-state index is -0.228. The van der Waals surface area contributed by atoms with Gasteiger partial charge in [0, 0.05) is 0 Å². The summed E-state index contributed by atoms with van der Waals surface area (Å²) in [6, 6.07) is 11.7. The highest BCUT2D eigenvalue weighted by atomic mass is 79.9. The zero-order valence-corrected chi connectivity index (χ0v) is 14.3. The third-order valence-electron chi connectivity index (χ3n) is 3.83. The Hall–Kier alpha value is -1.19. The van der Waals surface area contributed by atoms with Crippen LogP contribution in [0.25, 0.3) is 0 Å². The molecule has 21 heavy (non-hydrogen) atoms. The fraction of sp³-hybridized carbons (Fsp3) is 0.333. The van der Waals surface area contributed by atoms with E-state index in [0.717, 1.165) is 18.5 Å². The molecule has 0 bridgehead atoms. The highest BCUT2D eigenvalue weighted by Gasteiger charge is 2.17. The molecule has 0 radical (unpaired) electrons. The number of benzene rings is 2. The molecule has 3 heteroatoms. The summed E-state index contributed by atoms with van der Waals surface area (Å²) < 4.78 is 14.0. The highest BCUT2D eigenvalue weighted by Crippen LogP contribution is 2.29. The first-order chi connectivity index (χ1) is 10.0. The fourth-order valence-corrected chi connectivity index (χ4v) is 2.87. The minimum Gasteiger partial charge on any atom is -0.306 e. The Bertz CT molecular complexity index is 625. The Morgan fingerprint density at radius 3 is 2.62 bits per heavy atom. The zero-order chi connectivity index (χ0) is 15.4. The van der Waals surface area contributed by atoms with Crippen molar-refractivity contribution in [1.82, 2.24) is 5.32 Å². The summed E-state index contributed by atoms with van der Waals surface area (Å²) >= 11 is 3.29. The normalized spacial score (nSPS) is 12.4. The molecule has 1 unspecified atom stereocenters. The molecule has 0 aromatic heterocycles. The van der Waals surface area contributed by atoms with Crippen molar-refractivity contribution in [3.8, 4) is 0 Å². The van der Waals surface area contributed by atoms with Crippen LogP contribution in [0.4, 0.5) is 4.39 Å². The third kappa shape index (κ3) is 3.72. The van der Waals surface area contributed by atoms with Crippen LogP contribution in [0.2, 0.25) is 0 Å². The molecule has 2 aromatic rings. The Kier molecular flexibility index (Phi) is 5.54. The largest absolute Gasteiger partial charge is 0.306 e. The lowest BCUT2D eigenvalue weighted by atomic mass is 9.92. The van der Waals surface area contributed by atoms with Crippen LogP contribution in [-0.4, -0.2) is 6.54 Å². The summed E-state index contributed by atoms with van der Waals surface area (Å²) in [5.74, 6) is -0.228. The molecule has 0 aliphatic rings. The van der Waals surface area contributed by atoms with Gasteiger partial charge in [-0.25, -0.2) is 4.39 Å². The molecule has 0 saturated carbocycles. The van der Waals surface area contributed by atoms with Crippen LogP contribution >= 0.6 is 15.9 Å². The van der Waals surface area contributed by atoms with Gasteiger partial charge < -0.3 is 5.32 Å². The molecule has 1 atom stereocenters. The summed E-state index contributed by atoms with van der Waals surface area (Å²) in [5, 5.41) is 3.57. The molecular formula is C18H21BrFN. The predicted molar refractivity (Wildman–Crippen MR) is 90.2 cm³/mol. The van der Waals surface area contributed by atoms with E-state index < -0.39 is 0 Å². The molecule has 2 rings (SSSR count). The lowest BCUT2D eigenvalue weighted by Crippen LogP contribution is -2.24. The van der Waals surface area contributed by atoms with Crippen molar-refractivity contribution in [1.29, 1.82) is 0 Å². The van der Waals surface area contributed by atoms with Crippen LogP contribution in [-0.2, 0) is 0 Å². The summed E-state index contributed by atoms with van der Waals surface area (Å²) in [6.07, 6.45) is 1.06. The third-order valence-corrected chi connectivity index (χ3v) is 4.44. The first-order valence-corrected chi connectivity index (χ1v) is 8.08. The van der Waals surface area contributed by atoms with Gasteiger partial charge in [0.05, 0.1) is 10.5 Å². The van der Waals surface area contributed by atoms with E-state index in [1.807, 2.05) is 12.1 Å². The number of hydrogen-bond acceptors (Lipinski definition) is 1. The maximum Gasteiger partial charge on any atom is 0.137 e. The van der Waals surface area contributed by atoms with Gasteiger partial charge >= 0.3 is 0 Å². The van der Waals surface area contributed by atoms with Crippen LogP contribution < -0.4 is 5.32 Å². The molecule has 0 spiro atoms. The quantitative estimate of drug-likeness (QED) is 0.772. The van der Waals surface area contributed by atoms with Crippen LogP contribution in [0, 0.1) is 19.7 Å². The Morgan fingerprint density at radius 1 is 1.19 bits per heavy atom. The van der Waals surface area contributed by atoms with Crippen molar-refractivity contribution in [2.75, 3.05) is 6.54 Å². The minimum absolute atomic E-state index is 0.0850. The van der Waals surface area contributed by atoms with Gasteiger partial charge in [0.2, 0.25) is 0 Å². The van der Waals surface area contributed by atoms with Gasteiger partial charge in [-0.2, -0.15) is 0 Å². The van der Waals surface area contributed by atoms with E-state index in [1.165, 1.54) is 22.8 Å². The highest BCUT2D eigenvalue weighted by molar-refractivity contribution is 9.10. The first-order valence-electron chi connectivity index (χ1n) is 7.29. The van der Waals surface area contributed by atoms with Crippen LogP contribution in [0.5, 0.6) is 0 Å². The number of aryl methyl sites for hydroxylation is 1. The van der Waals surface area contributed by atoms with Gasteiger partial charge in [0.15, 0.2) is 0 Å². The van der Waals surface area contributed by atoms with Gasteiger partial charge in [-0.05, 0) is 77.1 Å². The molecule has 0 heterocycles. The van der Waals surface area contributed by atoms with Crippen molar-refractivity contribution < 1.29 is 4.39 Å². The maximum atomic E-state index is 13.5. The lowest BCUT2D eigenvalue weighted by molar-refractivity contribution is 0.589. The molecule has 0 saturated heterocycles. The summed E-state index contributed by atoms with van der Waals surface area (Å²) in [5.41, 5.74) is 4.89. The van der Waals surface area contributed by atoms with Gasteiger partial charge in [-0.3, -0.25) is 0 Å². The molecule has 1 nitrogen and oxygen atoms in total. The molecular weight excluding hydrogens is 329 g/mol. The second-order valence-corrected chi connectivity index (χ2v) is 6.20. The smallest absolute Gasteiger partial charge is 0.137 e. The maximum absolute atomic E-state index is 13.5. The van der Waals surface area contributed by atoms with Gasteiger partial charge in [-0.1, -0.05) is 31.2 Å². The topological polar surface area (TPSA) is 12.0 Å². The van der Waals surface area contributed by atoms with Crippen LogP contribution in [0.1, 0.15) is 41.6 Å². The van der Waals surface area contributed by atoms with E-state index in [9.17, 15) is 4.39 Å². The Balaban J connectivity index is 2.47. The van der Waals surface area contributed by atoms with Crippen molar-refractivity contribution in [3.05, 3.63) is 68.9 Å². The van der Waals surface area contributed by atoms with E-state index >= 15 is 0 Å². The van der Waals surface area contributed by atoms with Gasteiger partial charge in [-0.15, -0.1) is 0 Å². The van der Waals surface area contributed by atoms with E-state index in [4.69, 9.17) is 0 Å². The fourth-order valence-electron chi connectivity index (χ4n) is 2.47. The number of nitrogens with one attached hydrogen (secondary N) is 1. The first kappa shape index (κ1) is 16.2. The summed E-state index contributed by atoms with van der Waals surface area (Å²) in [7, 11) is 0. The second-order valence-electron chi connectivity index (χ2n) is 5.35. The average Bonchev–Trinajstić information content (AvgIpc) is 2.47. The SMILES string of the molecule is CCCNC(c1ccc(F)c(Br)c1)c1cccc(C)c1C.